The summed E-state index contributed by atoms with van der Waals surface area (Å²) in [6.07, 6.45) is 0.0731. The number of esters is 2. The van der Waals surface area contributed by atoms with Crippen molar-refractivity contribution < 1.29 is 47.8 Å². The fraction of sp³-hybridized carbons (Fsp3) is 0.200. The van der Waals surface area contributed by atoms with Crippen molar-refractivity contribution in [3.05, 3.63) is 130 Å². The summed E-state index contributed by atoms with van der Waals surface area (Å²) in [5.74, 6) is -8.65. The van der Waals surface area contributed by atoms with Crippen molar-refractivity contribution >= 4 is 70.9 Å². The third-order valence-corrected chi connectivity index (χ3v) is 8.10. The zero-order chi connectivity index (χ0) is 39.4. The van der Waals surface area contributed by atoms with Crippen LogP contribution in [0.3, 0.4) is 0 Å². The Hall–Kier alpha value is -6.67. The summed E-state index contributed by atoms with van der Waals surface area (Å²) in [7, 11) is 2.29. The van der Waals surface area contributed by atoms with Crippen molar-refractivity contribution in [3.8, 4) is 0 Å². The molecular weight excluding hydrogens is 732 g/mol. The Kier molecular flexibility index (Phi) is 15.5. The Bertz CT molecular complexity index is 1940. The van der Waals surface area contributed by atoms with Crippen LogP contribution in [0.15, 0.2) is 97.1 Å². The van der Waals surface area contributed by atoms with Crippen LogP contribution in [0.25, 0.3) is 0 Å². The van der Waals surface area contributed by atoms with Gasteiger partial charge in [0, 0.05) is 12.8 Å². The fourth-order valence-corrected chi connectivity index (χ4v) is 5.33. The number of anilines is 2. The SMILES string of the molecule is COC(=O)[C@@H](Cc1ccccc1)NC(=O)C(=O)c1cc(C)ccc1NC(=O)C(=O)Nc1ccc(C)cc1C(=O)C(=O)N[C@H](Cc1ccccc1)C(=O)OC.Cl. The standard InChI is InChI=1S/C40H38N4O10.ClH/c1-23-15-17-29(27(19-23)33(45)35(47)43-31(39(51)53-3)21-25-11-7-5-8-12-25)41-37(49)38(50)42-30-18-16-24(2)20-28(30)34(46)36(48)44-32(40(52)54-4)22-26-13-9-6-10-14-26;/h5-20,31-32H,21-22H2,1-4H3,(H,41,49)(H,42,50)(H,43,47)(H,44,48);1H/t31-,32-;/m1./s1. The van der Waals surface area contributed by atoms with Gasteiger partial charge in [-0.25, -0.2) is 9.59 Å². The van der Waals surface area contributed by atoms with Crippen LogP contribution in [0.5, 0.6) is 0 Å². The van der Waals surface area contributed by atoms with Crippen LogP contribution < -0.4 is 21.3 Å². The molecule has 4 aromatic carbocycles. The lowest BCUT2D eigenvalue weighted by Gasteiger charge is -2.17. The van der Waals surface area contributed by atoms with Crippen molar-refractivity contribution in [2.45, 2.75) is 38.8 Å². The van der Waals surface area contributed by atoms with Crippen LogP contribution in [0.1, 0.15) is 43.0 Å². The number of ether oxygens (including phenoxy) is 2. The molecule has 55 heavy (non-hydrogen) atoms. The van der Waals surface area contributed by atoms with Gasteiger partial charge in [-0.05, 0) is 49.2 Å². The van der Waals surface area contributed by atoms with Gasteiger partial charge in [0.15, 0.2) is 0 Å². The summed E-state index contributed by atoms with van der Waals surface area (Å²) < 4.78 is 9.62. The van der Waals surface area contributed by atoms with Gasteiger partial charge in [-0.15, -0.1) is 12.4 Å². The topological polar surface area (TPSA) is 203 Å². The van der Waals surface area contributed by atoms with Crippen molar-refractivity contribution in [2.75, 3.05) is 24.9 Å². The first kappa shape index (κ1) is 42.7. The van der Waals surface area contributed by atoms with Crippen LogP contribution in [0, 0.1) is 13.8 Å². The highest BCUT2D eigenvalue weighted by Crippen LogP contribution is 2.21. The molecule has 2 atom stereocenters. The number of hydrogen-bond donors (Lipinski definition) is 4. The van der Waals surface area contributed by atoms with Gasteiger partial charge in [0.2, 0.25) is 0 Å². The second-order valence-electron chi connectivity index (χ2n) is 12.1. The monoisotopic (exact) mass is 770 g/mol. The molecule has 0 bridgehead atoms. The predicted molar refractivity (Wildman–Crippen MR) is 204 cm³/mol. The quantitative estimate of drug-likeness (QED) is 0.0836. The number of rotatable bonds is 14. The summed E-state index contributed by atoms with van der Waals surface area (Å²) in [5.41, 5.74) is 1.57. The lowest BCUT2D eigenvalue weighted by atomic mass is 10.0. The molecule has 0 unspecified atom stereocenters. The van der Waals surface area contributed by atoms with Gasteiger partial charge in [-0.2, -0.15) is 0 Å². The average molecular weight is 771 g/mol. The molecule has 15 heteroatoms. The lowest BCUT2D eigenvalue weighted by molar-refractivity contribution is -0.145. The second kappa shape index (κ2) is 20.0. The number of benzene rings is 4. The number of aryl methyl sites for hydroxylation is 2. The minimum absolute atomic E-state index is 0. The minimum atomic E-state index is -1.28. The maximum atomic E-state index is 13.4. The molecule has 4 aromatic rings. The first-order valence-electron chi connectivity index (χ1n) is 16.6. The molecule has 0 radical (unpaired) electrons. The zero-order valence-corrected chi connectivity index (χ0v) is 31.1. The van der Waals surface area contributed by atoms with Gasteiger partial charge in [0.05, 0.1) is 36.7 Å². The van der Waals surface area contributed by atoms with E-state index < -0.39 is 59.2 Å². The molecule has 0 heterocycles. The van der Waals surface area contributed by atoms with Gasteiger partial charge >= 0.3 is 23.8 Å². The first-order chi connectivity index (χ1) is 25.8. The molecule has 0 aromatic heterocycles. The van der Waals surface area contributed by atoms with Crippen LogP contribution in [0.2, 0.25) is 0 Å². The molecule has 14 nitrogen and oxygen atoms in total. The molecule has 4 amide bonds. The van der Waals surface area contributed by atoms with Crippen molar-refractivity contribution in [3.63, 3.8) is 0 Å². The second-order valence-corrected chi connectivity index (χ2v) is 12.1. The molecular formula is C40H39ClN4O10. The van der Waals surface area contributed by atoms with Crippen LogP contribution in [0.4, 0.5) is 11.4 Å². The number of nitrogens with one attached hydrogen (secondary N) is 4. The number of ketones is 2. The largest absolute Gasteiger partial charge is 0.467 e. The van der Waals surface area contributed by atoms with Gasteiger partial charge < -0.3 is 30.7 Å². The Morgan fingerprint density at radius 2 is 0.855 bits per heavy atom. The van der Waals surface area contributed by atoms with Gasteiger partial charge in [-0.3, -0.25) is 28.8 Å². The minimum Gasteiger partial charge on any atom is -0.467 e. The number of methoxy groups -OCH3 is 2. The Morgan fingerprint density at radius 1 is 0.509 bits per heavy atom. The van der Waals surface area contributed by atoms with Gasteiger partial charge in [0.25, 0.3) is 23.4 Å². The molecule has 4 rings (SSSR count). The van der Waals surface area contributed by atoms with Crippen LogP contribution in [-0.4, -0.2) is 73.4 Å². The summed E-state index contributed by atoms with van der Waals surface area (Å²) in [4.78, 5) is 104. The number of hydrogen-bond acceptors (Lipinski definition) is 10. The van der Waals surface area contributed by atoms with E-state index >= 15 is 0 Å². The van der Waals surface area contributed by atoms with E-state index in [1.165, 1.54) is 36.4 Å². The lowest BCUT2D eigenvalue weighted by Crippen LogP contribution is -2.46. The van der Waals surface area contributed by atoms with E-state index in [1.807, 2.05) is 0 Å². The molecule has 0 spiro atoms. The summed E-state index contributed by atoms with van der Waals surface area (Å²) in [6.45, 7) is 3.28. The molecule has 286 valence electrons. The molecule has 0 aliphatic rings. The molecule has 0 aliphatic carbocycles. The molecule has 0 aliphatic heterocycles. The molecule has 0 saturated carbocycles. The third kappa shape index (κ3) is 11.7. The van der Waals surface area contributed by atoms with Gasteiger partial charge in [-0.1, -0.05) is 83.9 Å². The molecule has 4 N–H and O–H groups in total. The van der Waals surface area contributed by atoms with Crippen molar-refractivity contribution in [1.29, 1.82) is 0 Å². The fourth-order valence-electron chi connectivity index (χ4n) is 5.33. The summed E-state index contributed by atoms with van der Waals surface area (Å²) in [5, 5.41) is 9.40. The smallest absolute Gasteiger partial charge is 0.328 e. The maximum Gasteiger partial charge on any atom is 0.328 e. The Labute approximate surface area is 322 Å². The van der Waals surface area contributed by atoms with Crippen molar-refractivity contribution in [2.24, 2.45) is 0 Å². The van der Waals surface area contributed by atoms with E-state index in [2.05, 4.69) is 21.3 Å². The van der Waals surface area contributed by atoms with E-state index in [-0.39, 0.29) is 47.8 Å². The highest BCUT2D eigenvalue weighted by atomic mass is 35.5. The Balaban J connectivity index is 0.00000812. The van der Waals surface area contributed by atoms with Crippen LogP contribution in [-0.2, 0) is 51.1 Å². The molecule has 0 fully saturated rings. The first-order valence-corrected chi connectivity index (χ1v) is 16.6. The van der Waals surface area contributed by atoms with E-state index in [4.69, 9.17) is 9.47 Å². The van der Waals surface area contributed by atoms with Crippen LogP contribution >= 0.6 is 12.4 Å². The number of carbonyl (C=O) groups excluding carboxylic acids is 8. The number of amides is 4. The number of halogens is 1. The third-order valence-electron chi connectivity index (χ3n) is 8.10. The highest BCUT2D eigenvalue weighted by Gasteiger charge is 2.30. The van der Waals surface area contributed by atoms with E-state index in [9.17, 15) is 38.4 Å². The average Bonchev–Trinajstić information content (AvgIpc) is 3.18. The summed E-state index contributed by atoms with van der Waals surface area (Å²) in [6, 6.07) is 23.5. The Morgan fingerprint density at radius 3 is 1.18 bits per heavy atom. The number of carbonyl (C=O) groups is 8. The normalized spacial score (nSPS) is 11.3. The number of Topliss-reactive ketones (excluding diaryl/α,β-unsaturated/α-hetero) is 2. The maximum absolute atomic E-state index is 13.4. The van der Waals surface area contributed by atoms with E-state index in [0.717, 1.165) is 14.2 Å². The molecule has 0 saturated heterocycles. The predicted octanol–water partition coefficient (Wildman–Crippen LogP) is 3.47. The van der Waals surface area contributed by atoms with Gasteiger partial charge in [0.1, 0.15) is 12.1 Å². The van der Waals surface area contributed by atoms with Crippen molar-refractivity contribution in [1.82, 2.24) is 10.6 Å². The zero-order valence-electron chi connectivity index (χ0n) is 30.3. The van der Waals surface area contributed by atoms with E-state index in [1.54, 1.807) is 74.5 Å². The highest BCUT2D eigenvalue weighted by molar-refractivity contribution is 6.48. The van der Waals surface area contributed by atoms with E-state index in [0.29, 0.717) is 22.3 Å². The summed E-state index contributed by atoms with van der Waals surface area (Å²) >= 11 is 0.